The number of aromatic nitrogens is 1. The highest BCUT2D eigenvalue weighted by Gasteiger charge is 2.23. The summed E-state index contributed by atoms with van der Waals surface area (Å²) in [5.74, 6) is 0.800. The summed E-state index contributed by atoms with van der Waals surface area (Å²) in [5, 5.41) is 2.95. The van der Waals surface area contributed by atoms with Gasteiger partial charge in [-0.3, -0.25) is 14.6 Å². The molecule has 1 fully saturated rings. The standard InChI is InChI=1S/C24H31N3O4/c1-30-17-12-23(28)27-15-10-22(11-16-27)31-21-8-6-20(7-9-21)24(29)26-14-3-5-19-4-2-13-25-18-19/h2,4,6-9,13,18,22H,3,5,10-12,14-17H2,1H3,(H,26,29). The van der Waals surface area contributed by atoms with Crippen LogP contribution in [0.5, 0.6) is 5.75 Å². The number of carbonyl (C=O) groups is 2. The van der Waals surface area contributed by atoms with Crippen molar-refractivity contribution < 1.29 is 19.1 Å². The highest BCUT2D eigenvalue weighted by molar-refractivity contribution is 5.94. The predicted molar refractivity (Wildman–Crippen MR) is 118 cm³/mol. The molecule has 166 valence electrons. The predicted octanol–water partition coefficient (Wildman–Crippen LogP) is 2.85. The average molecular weight is 426 g/mol. The Balaban J connectivity index is 1.37. The van der Waals surface area contributed by atoms with Gasteiger partial charge in [0.15, 0.2) is 0 Å². The number of rotatable bonds is 10. The minimum Gasteiger partial charge on any atom is -0.490 e. The molecule has 1 aromatic carbocycles. The molecule has 0 saturated carbocycles. The van der Waals surface area contributed by atoms with Crippen LogP contribution in [0.2, 0.25) is 0 Å². The van der Waals surface area contributed by atoms with E-state index in [1.165, 1.54) is 5.56 Å². The lowest BCUT2D eigenvalue weighted by Crippen LogP contribution is -2.42. The van der Waals surface area contributed by atoms with Gasteiger partial charge in [-0.2, -0.15) is 0 Å². The van der Waals surface area contributed by atoms with Crippen molar-refractivity contribution in [2.45, 2.75) is 38.2 Å². The highest BCUT2D eigenvalue weighted by atomic mass is 16.5. The first-order valence-corrected chi connectivity index (χ1v) is 10.9. The van der Waals surface area contributed by atoms with E-state index in [0.717, 1.165) is 31.4 Å². The molecule has 0 aliphatic carbocycles. The van der Waals surface area contributed by atoms with Crippen LogP contribution in [0.3, 0.4) is 0 Å². The zero-order valence-corrected chi connectivity index (χ0v) is 18.1. The lowest BCUT2D eigenvalue weighted by molar-refractivity contribution is -0.133. The Hall–Kier alpha value is -2.93. The van der Waals surface area contributed by atoms with Crippen LogP contribution in [0.15, 0.2) is 48.8 Å². The number of pyridine rings is 1. The summed E-state index contributed by atoms with van der Waals surface area (Å²) in [6, 6.07) is 11.2. The summed E-state index contributed by atoms with van der Waals surface area (Å²) in [4.78, 5) is 30.3. The molecule has 2 aromatic rings. The minimum absolute atomic E-state index is 0.0821. The minimum atomic E-state index is -0.0828. The molecular formula is C24H31N3O4. The van der Waals surface area contributed by atoms with E-state index in [0.29, 0.717) is 38.2 Å². The second-order valence-corrected chi connectivity index (χ2v) is 7.69. The SMILES string of the molecule is COCCC(=O)N1CCC(Oc2ccc(C(=O)NCCCc3cccnc3)cc2)CC1. The zero-order valence-electron chi connectivity index (χ0n) is 18.1. The summed E-state index contributed by atoms with van der Waals surface area (Å²) in [6.45, 7) is 2.48. The third-order valence-electron chi connectivity index (χ3n) is 5.38. The summed E-state index contributed by atoms with van der Waals surface area (Å²) in [7, 11) is 1.60. The van der Waals surface area contributed by atoms with Gasteiger partial charge in [-0.1, -0.05) is 6.07 Å². The molecule has 2 amide bonds. The quantitative estimate of drug-likeness (QED) is 0.592. The van der Waals surface area contributed by atoms with Gasteiger partial charge in [0.1, 0.15) is 11.9 Å². The normalized spacial score (nSPS) is 14.3. The maximum absolute atomic E-state index is 12.3. The zero-order chi connectivity index (χ0) is 21.9. The van der Waals surface area contributed by atoms with Crippen LogP contribution in [0, 0.1) is 0 Å². The second-order valence-electron chi connectivity index (χ2n) is 7.69. The fourth-order valence-corrected chi connectivity index (χ4v) is 3.59. The van der Waals surface area contributed by atoms with Gasteiger partial charge in [0, 0.05) is 57.5 Å². The summed E-state index contributed by atoms with van der Waals surface area (Å²) < 4.78 is 11.0. The Morgan fingerprint density at radius 1 is 1.16 bits per heavy atom. The summed E-state index contributed by atoms with van der Waals surface area (Å²) >= 11 is 0. The Morgan fingerprint density at radius 3 is 2.61 bits per heavy atom. The number of methoxy groups -OCH3 is 1. The van der Waals surface area contributed by atoms with E-state index in [-0.39, 0.29) is 17.9 Å². The van der Waals surface area contributed by atoms with Crippen molar-refractivity contribution >= 4 is 11.8 Å². The summed E-state index contributed by atoms with van der Waals surface area (Å²) in [5.41, 5.74) is 1.79. The monoisotopic (exact) mass is 425 g/mol. The van der Waals surface area contributed by atoms with E-state index >= 15 is 0 Å². The molecule has 7 nitrogen and oxygen atoms in total. The molecular weight excluding hydrogens is 394 g/mol. The van der Waals surface area contributed by atoms with Crippen molar-refractivity contribution in [2.24, 2.45) is 0 Å². The molecule has 1 aliphatic rings. The maximum Gasteiger partial charge on any atom is 0.251 e. The molecule has 31 heavy (non-hydrogen) atoms. The third kappa shape index (κ3) is 7.36. The van der Waals surface area contributed by atoms with Gasteiger partial charge in [-0.05, 0) is 48.7 Å². The molecule has 0 atom stereocenters. The second kappa shape index (κ2) is 12.1. The van der Waals surface area contributed by atoms with Gasteiger partial charge in [0.25, 0.3) is 5.91 Å². The number of nitrogens with zero attached hydrogens (tertiary/aromatic N) is 2. The van der Waals surface area contributed by atoms with Gasteiger partial charge >= 0.3 is 0 Å². The van der Waals surface area contributed by atoms with Crippen molar-refractivity contribution in [3.8, 4) is 5.75 Å². The number of ether oxygens (including phenoxy) is 2. The molecule has 1 saturated heterocycles. The lowest BCUT2D eigenvalue weighted by atomic mass is 10.1. The molecule has 1 aliphatic heterocycles. The van der Waals surface area contributed by atoms with Crippen LogP contribution < -0.4 is 10.1 Å². The molecule has 2 heterocycles. The number of hydrogen-bond donors (Lipinski definition) is 1. The molecule has 0 unspecified atom stereocenters. The smallest absolute Gasteiger partial charge is 0.251 e. The van der Waals surface area contributed by atoms with Gasteiger partial charge < -0.3 is 19.7 Å². The van der Waals surface area contributed by atoms with Crippen molar-refractivity contribution in [1.29, 1.82) is 0 Å². The van der Waals surface area contributed by atoms with Crippen molar-refractivity contribution in [3.05, 3.63) is 59.9 Å². The number of piperidine rings is 1. The first-order valence-electron chi connectivity index (χ1n) is 10.9. The van der Waals surface area contributed by atoms with Crippen molar-refractivity contribution in [2.75, 3.05) is 33.4 Å². The van der Waals surface area contributed by atoms with Crippen molar-refractivity contribution in [3.63, 3.8) is 0 Å². The third-order valence-corrected chi connectivity index (χ3v) is 5.38. The van der Waals surface area contributed by atoms with Crippen LogP contribution in [0.25, 0.3) is 0 Å². The summed E-state index contributed by atoms with van der Waals surface area (Å²) in [6.07, 6.45) is 7.48. The fraction of sp³-hybridized carbons (Fsp3) is 0.458. The number of aryl methyl sites for hydroxylation is 1. The van der Waals surface area contributed by atoms with Crippen LogP contribution in [-0.2, 0) is 16.0 Å². The van der Waals surface area contributed by atoms with E-state index in [9.17, 15) is 9.59 Å². The Bertz CT molecular complexity index is 818. The average Bonchev–Trinajstić information content (AvgIpc) is 2.82. The number of benzene rings is 1. The molecule has 3 rings (SSSR count). The Morgan fingerprint density at radius 2 is 1.94 bits per heavy atom. The molecule has 0 spiro atoms. The molecule has 0 radical (unpaired) electrons. The van der Waals surface area contributed by atoms with Crippen LogP contribution in [0.4, 0.5) is 0 Å². The van der Waals surface area contributed by atoms with Gasteiger partial charge in [0.2, 0.25) is 5.91 Å². The van der Waals surface area contributed by atoms with E-state index in [4.69, 9.17) is 9.47 Å². The molecule has 7 heteroatoms. The number of likely N-dealkylation sites (tertiary alicyclic amines) is 1. The molecule has 1 N–H and O–H groups in total. The van der Waals surface area contributed by atoms with E-state index in [1.54, 1.807) is 25.4 Å². The van der Waals surface area contributed by atoms with E-state index in [1.807, 2.05) is 35.4 Å². The Kier molecular flexibility index (Phi) is 8.84. The topological polar surface area (TPSA) is 80.8 Å². The first-order chi connectivity index (χ1) is 15.2. The molecule has 1 aromatic heterocycles. The number of nitrogens with one attached hydrogen (secondary N) is 1. The van der Waals surface area contributed by atoms with Crippen molar-refractivity contribution in [1.82, 2.24) is 15.2 Å². The highest BCUT2D eigenvalue weighted by Crippen LogP contribution is 2.20. The number of carbonyl (C=O) groups excluding carboxylic acids is 2. The van der Waals surface area contributed by atoms with Crippen LogP contribution >= 0.6 is 0 Å². The Labute approximate surface area is 183 Å². The number of hydrogen-bond acceptors (Lipinski definition) is 5. The first kappa shape index (κ1) is 22.7. The van der Waals surface area contributed by atoms with Gasteiger partial charge in [0.05, 0.1) is 13.0 Å². The van der Waals surface area contributed by atoms with Gasteiger partial charge in [-0.25, -0.2) is 0 Å². The maximum atomic E-state index is 12.3. The van der Waals surface area contributed by atoms with Crippen LogP contribution in [0.1, 0.15) is 41.6 Å². The van der Waals surface area contributed by atoms with E-state index in [2.05, 4.69) is 10.3 Å². The fourth-order valence-electron chi connectivity index (χ4n) is 3.59. The van der Waals surface area contributed by atoms with E-state index < -0.39 is 0 Å². The largest absolute Gasteiger partial charge is 0.490 e. The molecule has 0 bridgehead atoms. The number of amides is 2. The van der Waals surface area contributed by atoms with Gasteiger partial charge in [-0.15, -0.1) is 0 Å². The van der Waals surface area contributed by atoms with Crippen LogP contribution in [-0.4, -0.2) is 61.2 Å². The lowest BCUT2D eigenvalue weighted by Gasteiger charge is -2.32.